The molecule has 0 atom stereocenters. The molecule has 0 aliphatic rings. The van der Waals surface area contributed by atoms with Crippen LogP contribution < -0.4 is 5.32 Å². The van der Waals surface area contributed by atoms with Crippen molar-refractivity contribution in [1.82, 2.24) is 0 Å². The Morgan fingerprint density at radius 3 is 2.04 bits per heavy atom. The lowest BCUT2D eigenvalue weighted by Gasteiger charge is -2.13. The molecule has 1 amide bonds. The normalized spacial score (nSPS) is 11.3. The quantitative estimate of drug-likeness (QED) is 0.843. The molecule has 0 aromatic heterocycles. The topological polar surface area (TPSA) is 83.5 Å². The molecule has 0 saturated heterocycles. The molecule has 0 aliphatic heterocycles. The number of amides is 1. The number of aryl methyl sites for hydroxylation is 4. The standard InChI is InChI=1S/C17H19NO4S/c1-10-7-12(3)16(13(4)8-10)17(19)18-14-6-5-11(2)15(9-14)23(20,21)22/h5-9H,1-4H3,(H,18,19)(H,20,21,22). The van der Waals surface area contributed by atoms with Crippen molar-refractivity contribution < 1.29 is 17.8 Å². The van der Waals surface area contributed by atoms with Crippen molar-refractivity contribution in [3.8, 4) is 0 Å². The van der Waals surface area contributed by atoms with Gasteiger partial charge in [0, 0.05) is 11.3 Å². The maximum atomic E-state index is 12.5. The first-order chi connectivity index (χ1) is 10.6. The van der Waals surface area contributed by atoms with E-state index in [1.165, 1.54) is 12.1 Å². The zero-order chi connectivity index (χ0) is 17.4. The van der Waals surface area contributed by atoms with Crippen molar-refractivity contribution >= 4 is 21.7 Å². The van der Waals surface area contributed by atoms with Crippen molar-refractivity contribution in [3.05, 3.63) is 58.1 Å². The van der Waals surface area contributed by atoms with E-state index >= 15 is 0 Å². The number of benzene rings is 2. The van der Waals surface area contributed by atoms with Crippen LogP contribution in [0, 0.1) is 27.7 Å². The van der Waals surface area contributed by atoms with Crippen LogP contribution in [0.2, 0.25) is 0 Å². The molecule has 0 heterocycles. The summed E-state index contributed by atoms with van der Waals surface area (Å²) in [5, 5.41) is 2.68. The summed E-state index contributed by atoms with van der Waals surface area (Å²) in [5.41, 5.74) is 4.05. The Labute approximate surface area is 136 Å². The maximum absolute atomic E-state index is 12.5. The fourth-order valence-electron chi connectivity index (χ4n) is 2.69. The maximum Gasteiger partial charge on any atom is 0.294 e. The highest BCUT2D eigenvalue weighted by Gasteiger charge is 2.17. The molecular formula is C17H19NO4S. The van der Waals surface area contributed by atoms with Gasteiger partial charge in [-0.2, -0.15) is 8.42 Å². The Bertz CT molecular complexity index is 862. The fourth-order valence-corrected chi connectivity index (χ4v) is 3.44. The van der Waals surface area contributed by atoms with Gasteiger partial charge < -0.3 is 5.32 Å². The van der Waals surface area contributed by atoms with Gasteiger partial charge in [-0.25, -0.2) is 0 Å². The van der Waals surface area contributed by atoms with Gasteiger partial charge in [0.1, 0.15) is 0 Å². The zero-order valence-electron chi connectivity index (χ0n) is 13.5. The van der Waals surface area contributed by atoms with Crippen molar-refractivity contribution in [2.45, 2.75) is 32.6 Å². The first-order valence-electron chi connectivity index (χ1n) is 7.07. The molecule has 0 radical (unpaired) electrons. The summed E-state index contributed by atoms with van der Waals surface area (Å²) in [4.78, 5) is 12.3. The summed E-state index contributed by atoms with van der Waals surface area (Å²) in [6.45, 7) is 7.24. The minimum absolute atomic E-state index is 0.215. The Hall–Kier alpha value is -2.18. The lowest BCUT2D eigenvalue weighted by Crippen LogP contribution is -2.15. The van der Waals surface area contributed by atoms with Crippen LogP contribution in [-0.2, 0) is 10.1 Å². The Balaban J connectivity index is 2.39. The van der Waals surface area contributed by atoms with E-state index in [4.69, 9.17) is 0 Å². The lowest BCUT2D eigenvalue weighted by molar-refractivity contribution is 0.102. The summed E-state index contributed by atoms with van der Waals surface area (Å²) < 4.78 is 31.9. The van der Waals surface area contributed by atoms with Gasteiger partial charge in [-0.1, -0.05) is 23.8 Å². The van der Waals surface area contributed by atoms with Crippen LogP contribution >= 0.6 is 0 Å². The van der Waals surface area contributed by atoms with E-state index in [2.05, 4.69) is 5.32 Å². The van der Waals surface area contributed by atoms with Crippen LogP contribution in [0.25, 0.3) is 0 Å². The molecule has 0 bridgehead atoms. The van der Waals surface area contributed by atoms with Gasteiger partial charge in [0.05, 0.1) is 4.90 Å². The van der Waals surface area contributed by atoms with Gasteiger partial charge in [0.25, 0.3) is 16.0 Å². The third kappa shape index (κ3) is 3.78. The highest BCUT2D eigenvalue weighted by Crippen LogP contribution is 2.22. The van der Waals surface area contributed by atoms with E-state index in [-0.39, 0.29) is 10.8 Å². The minimum Gasteiger partial charge on any atom is -0.322 e. The van der Waals surface area contributed by atoms with Gasteiger partial charge in [-0.05, 0) is 56.5 Å². The molecule has 122 valence electrons. The van der Waals surface area contributed by atoms with Crippen LogP contribution in [0.5, 0.6) is 0 Å². The summed E-state index contributed by atoms with van der Waals surface area (Å²) >= 11 is 0. The molecular weight excluding hydrogens is 314 g/mol. The molecule has 0 unspecified atom stereocenters. The number of carbonyl (C=O) groups is 1. The largest absolute Gasteiger partial charge is 0.322 e. The Morgan fingerprint density at radius 2 is 1.52 bits per heavy atom. The molecule has 0 fully saturated rings. The van der Waals surface area contributed by atoms with Crippen LogP contribution in [0.4, 0.5) is 5.69 Å². The predicted octanol–water partition coefficient (Wildman–Crippen LogP) is 3.42. The number of hydrogen-bond donors (Lipinski definition) is 2. The molecule has 0 aliphatic carbocycles. The van der Waals surface area contributed by atoms with Crippen molar-refractivity contribution in [3.63, 3.8) is 0 Å². The second kappa shape index (κ2) is 6.14. The fraction of sp³-hybridized carbons (Fsp3) is 0.235. The van der Waals surface area contributed by atoms with Crippen LogP contribution in [-0.4, -0.2) is 18.9 Å². The summed E-state index contributed by atoms with van der Waals surface area (Å²) in [6, 6.07) is 8.22. The first kappa shape index (κ1) is 17.2. The van der Waals surface area contributed by atoms with Crippen molar-refractivity contribution in [1.29, 1.82) is 0 Å². The smallest absolute Gasteiger partial charge is 0.294 e. The second-order valence-corrected chi connectivity index (χ2v) is 7.07. The third-order valence-corrected chi connectivity index (χ3v) is 4.62. The minimum atomic E-state index is -4.33. The molecule has 2 aromatic carbocycles. The van der Waals surface area contributed by atoms with Crippen molar-refractivity contribution in [2.24, 2.45) is 0 Å². The van der Waals surface area contributed by atoms with E-state index in [0.29, 0.717) is 16.8 Å². The van der Waals surface area contributed by atoms with Crippen molar-refractivity contribution in [2.75, 3.05) is 5.32 Å². The Kier molecular flexibility index (Phi) is 4.58. The SMILES string of the molecule is Cc1cc(C)c(C(=O)Nc2ccc(C)c(S(=O)(=O)O)c2)c(C)c1. The lowest BCUT2D eigenvalue weighted by atomic mass is 9.99. The second-order valence-electron chi connectivity index (χ2n) is 5.68. The number of nitrogens with one attached hydrogen (secondary N) is 1. The van der Waals surface area contributed by atoms with Gasteiger partial charge in [0.2, 0.25) is 0 Å². The molecule has 23 heavy (non-hydrogen) atoms. The van der Waals surface area contributed by atoms with Gasteiger partial charge in [0.15, 0.2) is 0 Å². The van der Waals surface area contributed by atoms with Gasteiger partial charge in [-0.15, -0.1) is 0 Å². The van der Waals surface area contributed by atoms with E-state index in [9.17, 15) is 17.8 Å². The third-order valence-electron chi connectivity index (χ3n) is 3.63. The van der Waals surface area contributed by atoms with E-state index in [0.717, 1.165) is 16.7 Å². The zero-order valence-corrected chi connectivity index (χ0v) is 14.3. The average Bonchev–Trinajstić information content (AvgIpc) is 2.38. The highest BCUT2D eigenvalue weighted by molar-refractivity contribution is 7.85. The molecule has 5 nitrogen and oxygen atoms in total. The number of rotatable bonds is 3. The predicted molar refractivity (Wildman–Crippen MR) is 89.6 cm³/mol. The number of hydrogen-bond acceptors (Lipinski definition) is 3. The van der Waals surface area contributed by atoms with Gasteiger partial charge >= 0.3 is 0 Å². The average molecular weight is 333 g/mol. The number of carbonyl (C=O) groups excluding carboxylic acids is 1. The van der Waals surface area contributed by atoms with E-state index in [1.54, 1.807) is 13.0 Å². The monoisotopic (exact) mass is 333 g/mol. The number of anilines is 1. The first-order valence-corrected chi connectivity index (χ1v) is 8.51. The molecule has 2 N–H and O–H groups in total. The van der Waals surface area contributed by atoms with Crippen LogP contribution in [0.1, 0.15) is 32.6 Å². The van der Waals surface area contributed by atoms with E-state index in [1.807, 2.05) is 32.9 Å². The molecule has 2 rings (SSSR count). The van der Waals surface area contributed by atoms with Crippen LogP contribution in [0.3, 0.4) is 0 Å². The van der Waals surface area contributed by atoms with E-state index < -0.39 is 10.1 Å². The summed E-state index contributed by atoms with van der Waals surface area (Å²) in [7, 11) is -4.33. The molecule has 0 spiro atoms. The molecule has 0 saturated carbocycles. The molecule has 2 aromatic rings. The summed E-state index contributed by atoms with van der Waals surface area (Å²) in [5.74, 6) is -0.315. The summed E-state index contributed by atoms with van der Waals surface area (Å²) in [6.07, 6.45) is 0. The van der Waals surface area contributed by atoms with Crippen LogP contribution in [0.15, 0.2) is 35.2 Å². The van der Waals surface area contributed by atoms with Gasteiger partial charge in [-0.3, -0.25) is 9.35 Å². The Morgan fingerprint density at radius 1 is 0.957 bits per heavy atom. The molecule has 6 heteroatoms. The highest BCUT2D eigenvalue weighted by atomic mass is 32.2.